The first-order valence-electron chi connectivity index (χ1n) is 10.9. The van der Waals surface area contributed by atoms with E-state index in [2.05, 4.69) is 15.5 Å². The molecule has 1 saturated heterocycles. The Hall–Kier alpha value is -2.89. The van der Waals surface area contributed by atoms with Crippen LogP contribution in [-0.4, -0.2) is 54.8 Å². The van der Waals surface area contributed by atoms with Crippen molar-refractivity contribution < 1.29 is 22.4 Å². The number of carbonyl (C=O) groups excluding carboxylic acids is 1. The summed E-state index contributed by atoms with van der Waals surface area (Å²) >= 11 is 1.68. The third kappa shape index (κ3) is 5.96. The van der Waals surface area contributed by atoms with Crippen LogP contribution in [-0.2, 0) is 21.2 Å². The number of amides is 1. The van der Waals surface area contributed by atoms with Crippen molar-refractivity contribution in [2.45, 2.75) is 29.1 Å². The summed E-state index contributed by atoms with van der Waals surface area (Å²) in [4.78, 5) is 14.1. The second-order valence-electron chi connectivity index (χ2n) is 7.78. The number of aryl methyl sites for hydroxylation is 1. The second-order valence-corrected chi connectivity index (χ2v) is 10.9. The van der Waals surface area contributed by atoms with E-state index in [4.69, 9.17) is 9.15 Å². The number of methoxy groups -OCH3 is 1. The number of thioether (sulfide) groups is 1. The van der Waals surface area contributed by atoms with Crippen LogP contribution in [0.5, 0.6) is 5.75 Å². The molecule has 11 heteroatoms. The number of nitrogens with one attached hydrogen (secondary N) is 1. The SMILES string of the molecule is COc1ccc(S(=O)(=O)N2CCCC(C(=O)Nc3nnc(CCSc4ccccc4)o3)C2)cc1. The largest absolute Gasteiger partial charge is 0.497 e. The van der Waals surface area contributed by atoms with Gasteiger partial charge in [0.25, 0.3) is 0 Å². The highest BCUT2D eigenvalue weighted by atomic mass is 32.2. The number of sulfonamides is 1. The Morgan fingerprint density at radius 1 is 1.18 bits per heavy atom. The van der Waals surface area contributed by atoms with E-state index in [1.54, 1.807) is 23.9 Å². The van der Waals surface area contributed by atoms with Crippen LogP contribution in [0.2, 0.25) is 0 Å². The smallest absolute Gasteiger partial charge is 0.322 e. The lowest BCUT2D eigenvalue weighted by atomic mass is 9.99. The van der Waals surface area contributed by atoms with Crippen molar-refractivity contribution in [1.29, 1.82) is 0 Å². The average Bonchev–Trinajstić information content (AvgIpc) is 3.31. The lowest BCUT2D eigenvalue weighted by molar-refractivity contribution is -0.121. The van der Waals surface area contributed by atoms with Crippen LogP contribution in [0.25, 0.3) is 0 Å². The van der Waals surface area contributed by atoms with Gasteiger partial charge < -0.3 is 9.15 Å². The van der Waals surface area contributed by atoms with Crippen LogP contribution in [0, 0.1) is 5.92 Å². The first-order valence-corrected chi connectivity index (χ1v) is 13.3. The topological polar surface area (TPSA) is 115 Å². The van der Waals surface area contributed by atoms with E-state index in [-0.39, 0.29) is 23.4 Å². The number of hydrogen-bond acceptors (Lipinski definition) is 8. The van der Waals surface area contributed by atoms with Gasteiger partial charge in [0.15, 0.2) is 0 Å². The Morgan fingerprint density at radius 2 is 1.94 bits per heavy atom. The molecule has 0 bridgehead atoms. The van der Waals surface area contributed by atoms with Crippen LogP contribution in [0.3, 0.4) is 0 Å². The van der Waals surface area contributed by atoms with Crippen molar-refractivity contribution in [3.05, 3.63) is 60.5 Å². The van der Waals surface area contributed by atoms with E-state index in [1.807, 2.05) is 30.3 Å². The van der Waals surface area contributed by atoms with Crippen LogP contribution >= 0.6 is 11.8 Å². The van der Waals surface area contributed by atoms with Gasteiger partial charge in [-0.25, -0.2) is 8.42 Å². The van der Waals surface area contributed by atoms with Gasteiger partial charge in [-0.2, -0.15) is 4.31 Å². The zero-order valence-corrected chi connectivity index (χ0v) is 20.3. The van der Waals surface area contributed by atoms with Gasteiger partial charge in [-0.15, -0.1) is 16.9 Å². The molecule has 2 aromatic carbocycles. The number of aromatic nitrogens is 2. The number of benzene rings is 2. The van der Waals surface area contributed by atoms with Crippen molar-refractivity contribution in [1.82, 2.24) is 14.5 Å². The fraction of sp³-hybridized carbons (Fsp3) is 0.348. The van der Waals surface area contributed by atoms with Gasteiger partial charge in [0, 0.05) is 30.2 Å². The number of carbonyl (C=O) groups is 1. The second kappa shape index (κ2) is 11.0. The Kier molecular flexibility index (Phi) is 7.86. The standard InChI is InChI=1S/C23H26N4O5S2/c1-31-18-9-11-20(12-10-18)34(29,30)27-14-5-6-17(16-27)22(28)24-23-26-25-21(32-23)13-15-33-19-7-3-2-4-8-19/h2-4,7-12,17H,5-6,13-16H2,1H3,(H,24,26,28). The van der Waals surface area contributed by atoms with Crippen LogP contribution in [0.1, 0.15) is 18.7 Å². The van der Waals surface area contributed by atoms with Crippen molar-refractivity contribution in [3.63, 3.8) is 0 Å². The van der Waals surface area contributed by atoms with Crippen molar-refractivity contribution in [2.24, 2.45) is 5.92 Å². The molecule has 9 nitrogen and oxygen atoms in total. The van der Waals surface area contributed by atoms with Crippen LogP contribution in [0.15, 0.2) is 68.8 Å². The molecule has 4 rings (SSSR count). The molecule has 180 valence electrons. The summed E-state index contributed by atoms with van der Waals surface area (Å²) in [6.07, 6.45) is 1.73. The van der Waals surface area contributed by atoms with Gasteiger partial charge in [-0.1, -0.05) is 23.3 Å². The summed E-state index contributed by atoms with van der Waals surface area (Å²) in [6.45, 7) is 0.455. The minimum Gasteiger partial charge on any atom is -0.497 e. The molecular formula is C23H26N4O5S2. The number of anilines is 1. The lowest BCUT2D eigenvalue weighted by Crippen LogP contribution is -2.43. The van der Waals surface area contributed by atoms with Gasteiger partial charge in [0.1, 0.15) is 5.75 Å². The Labute approximate surface area is 202 Å². The predicted octanol–water partition coefficient (Wildman–Crippen LogP) is 3.45. The maximum atomic E-state index is 13.0. The Morgan fingerprint density at radius 3 is 2.68 bits per heavy atom. The molecule has 1 N–H and O–H groups in total. The molecule has 1 aromatic heterocycles. The fourth-order valence-electron chi connectivity index (χ4n) is 3.66. The van der Waals surface area contributed by atoms with E-state index in [0.29, 0.717) is 37.4 Å². The molecule has 1 unspecified atom stereocenters. The van der Waals surface area contributed by atoms with Gasteiger partial charge in [-0.05, 0) is 49.2 Å². The zero-order chi connectivity index (χ0) is 24.0. The maximum Gasteiger partial charge on any atom is 0.322 e. The number of hydrogen-bond donors (Lipinski definition) is 1. The third-order valence-electron chi connectivity index (χ3n) is 5.48. The molecule has 2 heterocycles. The summed E-state index contributed by atoms with van der Waals surface area (Å²) in [5.74, 6) is 0.938. The quantitative estimate of drug-likeness (QED) is 0.443. The van der Waals surface area contributed by atoms with E-state index in [9.17, 15) is 13.2 Å². The van der Waals surface area contributed by atoms with Gasteiger partial charge in [0.05, 0.1) is 17.9 Å². The van der Waals surface area contributed by atoms with E-state index in [1.165, 1.54) is 23.5 Å². The summed E-state index contributed by atoms with van der Waals surface area (Å²) in [6, 6.07) is 16.3. The Bertz CT molecular complexity index is 1200. The highest BCUT2D eigenvalue weighted by molar-refractivity contribution is 7.99. The van der Waals surface area contributed by atoms with Crippen molar-refractivity contribution in [3.8, 4) is 5.75 Å². The predicted molar refractivity (Wildman–Crippen MR) is 128 cm³/mol. The number of piperidine rings is 1. The molecule has 1 fully saturated rings. The van der Waals surface area contributed by atoms with E-state index < -0.39 is 15.9 Å². The van der Waals surface area contributed by atoms with Gasteiger partial charge in [-0.3, -0.25) is 10.1 Å². The molecule has 1 aliphatic heterocycles. The molecule has 1 aliphatic rings. The molecule has 0 aliphatic carbocycles. The summed E-state index contributed by atoms with van der Waals surface area (Å²) < 4.78 is 38.1. The molecular weight excluding hydrogens is 476 g/mol. The van der Waals surface area contributed by atoms with Crippen molar-refractivity contribution in [2.75, 3.05) is 31.3 Å². The maximum absolute atomic E-state index is 13.0. The van der Waals surface area contributed by atoms with E-state index >= 15 is 0 Å². The van der Waals surface area contributed by atoms with Gasteiger partial charge >= 0.3 is 6.01 Å². The molecule has 1 atom stereocenters. The van der Waals surface area contributed by atoms with E-state index in [0.717, 1.165) is 10.6 Å². The molecule has 34 heavy (non-hydrogen) atoms. The van der Waals surface area contributed by atoms with Gasteiger partial charge in [0.2, 0.25) is 21.8 Å². The molecule has 0 spiro atoms. The zero-order valence-electron chi connectivity index (χ0n) is 18.7. The number of rotatable bonds is 9. The first kappa shape index (κ1) is 24.2. The molecule has 1 amide bonds. The van der Waals surface area contributed by atoms with Crippen LogP contribution in [0.4, 0.5) is 6.01 Å². The monoisotopic (exact) mass is 502 g/mol. The third-order valence-corrected chi connectivity index (χ3v) is 8.37. The normalized spacial score (nSPS) is 16.8. The summed E-state index contributed by atoms with van der Waals surface area (Å²) in [7, 11) is -2.19. The fourth-order valence-corrected chi connectivity index (χ4v) is 6.04. The van der Waals surface area contributed by atoms with Crippen molar-refractivity contribution >= 4 is 33.7 Å². The summed E-state index contributed by atoms with van der Waals surface area (Å²) in [5, 5.41) is 10.5. The Balaban J connectivity index is 1.31. The minimum absolute atomic E-state index is 0.0276. The summed E-state index contributed by atoms with van der Waals surface area (Å²) in [5.41, 5.74) is 0. The molecule has 0 radical (unpaired) electrons. The minimum atomic E-state index is -3.71. The molecule has 3 aromatic rings. The lowest BCUT2D eigenvalue weighted by Gasteiger charge is -2.30. The van der Waals surface area contributed by atoms with Crippen LogP contribution < -0.4 is 10.1 Å². The average molecular weight is 503 g/mol. The number of ether oxygens (including phenoxy) is 1. The first-order chi connectivity index (χ1) is 16.5. The highest BCUT2D eigenvalue weighted by Gasteiger charge is 2.33. The number of nitrogens with zero attached hydrogens (tertiary/aromatic N) is 3. The highest BCUT2D eigenvalue weighted by Crippen LogP contribution is 2.26. The molecule has 0 saturated carbocycles.